The topological polar surface area (TPSA) is 53.6 Å². The quantitative estimate of drug-likeness (QED) is 0.605. The highest BCUT2D eigenvalue weighted by atomic mass is 16.4. The molecule has 1 aliphatic rings. The highest BCUT2D eigenvalue weighted by molar-refractivity contribution is 6.53. The summed E-state index contributed by atoms with van der Waals surface area (Å²) in [5.74, 6) is 0.805. The molecule has 4 heteroatoms. The minimum atomic E-state index is -1.46. The molecule has 0 radical (unpaired) electrons. The van der Waals surface area contributed by atoms with E-state index >= 15 is 0 Å². The molecule has 3 nitrogen and oxygen atoms in total. The summed E-state index contributed by atoms with van der Waals surface area (Å²) < 4.78 is 5.67. The van der Waals surface area contributed by atoms with E-state index in [4.69, 9.17) is 4.42 Å². The molecule has 0 atom stereocenters. The van der Waals surface area contributed by atoms with Gasteiger partial charge in [0, 0.05) is 10.8 Å². The lowest BCUT2D eigenvalue weighted by molar-refractivity contribution is 0.421. The maximum absolute atomic E-state index is 9.28. The van der Waals surface area contributed by atoms with Gasteiger partial charge in [-0.1, -0.05) is 37.0 Å². The Morgan fingerprint density at radius 3 is 2.83 bits per heavy atom. The Morgan fingerprint density at radius 2 is 2.17 bits per heavy atom. The van der Waals surface area contributed by atoms with Crippen LogP contribution in [-0.4, -0.2) is 17.2 Å². The molecule has 1 heterocycles. The smallest absolute Gasteiger partial charge is 0.461 e. The van der Waals surface area contributed by atoms with Crippen LogP contribution >= 0.6 is 0 Å². The van der Waals surface area contributed by atoms with Crippen LogP contribution in [0.1, 0.15) is 17.7 Å². The molecule has 2 rings (SSSR count). The maximum Gasteiger partial charge on any atom is 0.488 e. The largest absolute Gasteiger partial charge is 0.488 e. The van der Waals surface area contributed by atoms with Gasteiger partial charge in [-0.25, -0.2) is 0 Å². The van der Waals surface area contributed by atoms with Crippen LogP contribution < -0.4 is 10.6 Å². The van der Waals surface area contributed by atoms with E-state index in [1.54, 1.807) is 18.2 Å². The average Bonchev–Trinajstić information content (AvgIpc) is 2.51. The van der Waals surface area contributed by atoms with Gasteiger partial charge in [0.15, 0.2) is 0 Å². The lowest BCUT2D eigenvalue weighted by atomic mass is 9.78. The van der Waals surface area contributed by atoms with Crippen LogP contribution in [0.2, 0.25) is 0 Å². The van der Waals surface area contributed by atoms with E-state index < -0.39 is 7.12 Å². The van der Waals surface area contributed by atoms with Crippen molar-refractivity contribution >= 4 is 25.3 Å². The molecule has 1 aromatic rings. The van der Waals surface area contributed by atoms with Crippen molar-refractivity contribution in [3.05, 3.63) is 52.2 Å². The van der Waals surface area contributed by atoms with Crippen molar-refractivity contribution in [1.82, 2.24) is 0 Å². The van der Waals surface area contributed by atoms with Gasteiger partial charge in [0.05, 0.1) is 0 Å². The molecule has 0 unspecified atom stereocenters. The minimum absolute atomic E-state index is 0.485. The van der Waals surface area contributed by atoms with Crippen molar-refractivity contribution in [3.8, 4) is 0 Å². The summed E-state index contributed by atoms with van der Waals surface area (Å²) in [4.78, 5) is 0. The zero-order valence-electron chi connectivity index (χ0n) is 10.3. The molecule has 0 saturated carbocycles. The molecule has 0 spiro atoms. The molecule has 18 heavy (non-hydrogen) atoms. The summed E-state index contributed by atoms with van der Waals surface area (Å²) in [7, 11) is -1.46. The van der Waals surface area contributed by atoms with Crippen molar-refractivity contribution in [2.45, 2.75) is 13.3 Å². The van der Waals surface area contributed by atoms with Crippen LogP contribution in [0.4, 0.5) is 0 Å². The van der Waals surface area contributed by atoms with Crippen LogP contribution in [0.15, 0.2) is 34.7 Å². The Balaban J connectivity index is 2.67. The summed E-state index contributed by atoms with van der Waals surface area (Å²) in [5.41, 5.74) is 2.19. The molecule has 0 saturated heterocycles. The molecule has 92 valence electrons. The molecule has 0 aliphatic heterocycles. The monoisotopic (exact) mass is 242 g/mol. The summed E-state index contributed by atoms with van der Waals surface area (Å²) in [6.45, 7) is 5.52. The standard InChI is InChI=1S/C14H15BO3/c1-3-4-7-12-10(2)18-14-8-5-6-11(15(16)17)9-13(12)14/h3-4,6-9,16-17H,1,5H2,2H3/b7-4-. The maximum atomic E-state index is 9.28. The van der Waals surface area contributed by atoms with Gasteiger partial charge in [-0.2, -0.15) is 0 Å². The Morgan fingerprint density at radius 1 is 1.39 bits per heavy atom. The molecular weight excluding hydrogens is 227 g/mol. The first-order valence-electron chi connectivity index (χ1n) is 5.80. The van der Waals surface area contributed by atoms with Gasteiger partial charge in [0.25, 0.3) is 0 Å². The third kappa shape index (κ3) is 2.40. The molecule has 1 aliphatic carbocycles. The summed E-state index contributed by atoms with van der Waals surface area (Å²) >= 11 is 0. The number of allylic oxidation sites excluding steroid dienone is 4. The second kappa shape index (κ2) is 5.25. The second-order valence-corrected chi connectivity index (χ2v) is 4.11. The van der Waals surface area contributed by atoms with E-state index in [2.05, 4.69) is 6.58 Å². The average molecular weight is 242 g/mol. The Bertz CT molecular complexity index is 633. The van der Waals surface area contributed by atoms with Crippen LogP contribution in [0.25, 0.3) is 18.2 Å². The number of hydrogen-bond donors (Lipinski definition) is 2. The van der Waals surface area contributed by atoms with Crippen LogP contribution in [0.3, 0.4) is 0 Å². The molecule has 0 aromatic carbocycles. The SMILES string of the molecule is C=C/C=C\c1c(C)oc2c1=CC(B(O)O)=CCC=2. The van der Waals surface area contributed by atoms with Crippen molar-refractivity contribution < 1.29 is 14.5 Å². The third-order valence-corrected chi connectivity index (χ3v) is 2.86. The molecule has 0 bridgehead atoms. The summed E-state index contributed by atoms with van der Waals surface area (Å²) in [5, 5.41) is 19.4. The second-order valence-electron chi connectivity index (χ2n) is 4.11. The normalized spacial score (nSPS) is 14.3. The van der Waals surface area contributed by atoms with Crippen molar-refractivity contribution in [2.24, 2.45) is 0 Å². The third-order valence-electron chi connectivity index (χ3n) is 2.86. The van der Waals surface area contributed by atoms with E-state index in [0.717, 1.165) is 22.0 Å². The number of rotatable bonds is 3. The fraction of sp³-hybridized carbons (Fsp3) is 0.143. The zero-order valence-corrected chi connectivity index (χ0v) is 10.3. The lowest BCUT2D eigenvalue weighted by Gasteiger charge is -1.97. The van der Waals surface area contributed by atoms with Crippen LogP contribution in [-0.2, 0) is 0 Å². The van der Waals surface area contributed by atoms with Crippen molar-refractivity contribution in [2.75, 3.05) is 0 Å². The van der Waals surface area contributed by atoms with Gasteiger partial charge < -0.3 is 14.5 Å². The highest BCUT2D eigenvalue weighted by Gasteiger charge is 2.15. The van der Waals surface area contributed by atoms with Crippen molar-refractivity contribution in [1.29, 1.82) is 0 Å². The fourth-order valence-corrected chi connectivity index (χ4v) is 1.98. The highest BCUT2D eigenvalue weighted by Crippen LogP contribution is 2.08. The van der Waals surface area contributed by atoms with Gasteiger partial charge in [-0.15, -0.1) is 0 Å². The first-order valence-corrected chi connectivity index (χ1v) is 5.80. The van der Waals surface area contributed by atoms with E-state index in [9.17, 15) is 10.0 Å². The van der Waals surface area contributed by atoms with Gasteiger partial charge in [-0.3, -0.25) is 0 Å². The van der Waals surface area contributed by atoms with Crippen molar-refractivity contribution in [3.63, 3.8) is 0 Å². The molecule has 1 aromatic heterocycles. The first-order chi connectivity index (χ1) is 8.63. The predicted octanol–water partition coefficient (Wildman–Crippen LogP) is 0.690. The molecular formula is C14H15BO3. The Hall–Kier alpha value is -1.78. The number of aryl methyl sites for hydroxylation is 1. The van der Waals surface area contributed by atoms with Crippen LogP contribution in [0, 0.1) is 6.92 Å². The van der Waals surface area contributed by atoms with E-state index in [0.29, 0.717) is 11.9 Å². The summed E-state index contributed by atoms with van der Waals surface area (Å²) in [6, 6.07) is 0. The molecule has 2 N–H and O–H groups in total. The molecule has 0 fully saturated rings. The molecule has 0 amide bonds. The summed E-state index contributed by atoms with van der Waals surface area (Å²) in [6.07, 6.45) is 11.5. The Labute approximate surface area is 106 Å². The fourth-order valence-electron chi connectivity index (χ4n) is 1.98. The number of furan rings is 1. The minimum Gasteiger partial charge on any atom is -0.461 e. The number of fused-ring (bicyclic) bond motifs is 1. The van der Waals surface area contributed by atoms with E-state index in [1.165, 1.54) is 0 Å². The number of hydrogen-bond acceptors (Lipinski definition) is 3. The lowest BCUT2D eigenvalue weighted by Crippen LogP contribution is -2.23. The van der Waals surface area contributed by atoms with Crippen LogP contribution in [0.5, 0.6) is 0 Å². The Kier molecular flexibility index (Phi) is 3.70. The van der Waals surface area contributed by atoms with Gasteiger partial charge in [-0.05, 0) is 24.9 Å². The van der Waals surface area contributed by atoms with Gasteiger partial charge in [0.1, 0.15) is 11.2 Å². The predicted molar refractivity (Wildman–Crippen MR) is 73.7 cm³/mol. The zero-order chi connectivity index (χ0) is 13.1. The van der Waals surface area contributed by atoms with E-state index in [1.807, 2.05) is 25.2 Å². The van der Waals surface area contributed by atoms with Gasteiger partial charge >= 0.3 is 7.12 Å². The van der Waals surface area contributed by atoms with E-state index in [-0.39, 0.29) is 0 Å². The first kappa shape index (κ1) is 12.7. The van der Waals surface area contributed by atoms with Gasteiger partial charge in [0.2, 0.25) is 0 Å².